The van der Waals surface area contributed by atoms with Crippen molar-refractivity contribution in [2.75, 3.05) is 18.1 Å². The van der Waals surface area contributed by atoms with Gasteiger partial charge in [-0.1, -0.05) is 0 Å². The van der Waals surface area contributed by atoms with Gasteiger partial charge in [-0.25, -0.2) is 4.99 Å². The molecule has 0 bridgehead atoms. The summed E-state index contributed by atoms with van der Waals surface area (Å²) < 4.78 is 5.46. The number of anilines is 1. The highest BCUT2D eigenvalue weighted by Gasteiger charge is 2.20. The maximum Gasteiger partial charge on any atom is 0.142 e. The Morgan fingerprint density at radius 1 is 1.12 bits per heavy atom. The quantitative estimate of drug-likeness (QED) is 0.815. The van der Waals surface area contributed by atoms with Crippen molar-refractivity contribution in [2.45, 2.75) is 40.2 Å². The maximum absolute atomic E-state index is 8.06. The van der Waals surface area contributed by atoms with Gasteiger partial charge >= 0.3 is 0 Å². The van der Waals surface area contributed by atoms with Crippen LogP contribution in [0.25, 0.3) is 0 Å². The van der Waals surface area contributed by atoms with Gasteiger partial charge in [0.15, 0.2) is 0 Å². The Hall–Kier alpha value is -2.43. The third-order valence-corrected chi connectivity index (χ3v) is 3.92. The molecule has 0 fully saturated rings. The van der Waals surface area contributed by atoms with Crippen molar-refractivity contribution < 1.29 is 4.74 Å². The number of aliphatic imine (C=N–C) groups is 1. The molecule has 24 heavy (non-hydrogen) atoms. The second-order valence-electron chi connectivity index (χ2n) is 5.97. The van der Waals surface area contributed by atoms with Crippen LogP contribution in [0.5, 0.6) is 0 Å². The Morgan fingerprint density at radius 2 is 1.79 bits per heavy atom. The van der Waals surface area contributed by atoms with Crippen molar-refractivity contribution in [3.63, 3.8) is 0 Å². The second kappa shape index (κ2) is 7.90. The molecule has 0 aliphatic heterocycles. The first kappa shape index (κ1) is 17.9. The van der Waals surface area contributed by atoms with Gasteiger partial charge in [0.1, 0.15) is 5.76 Å². The Labute approximate surface area is 144 Å². The molecule has 5 heteroatoms. The van der Waals surface area contributed by atoms with Gasteiger partial charge in [-0.05, 0) is 52.0 Å². The molecule has 0 unspecified atom stereocenters. The summed E-state index contributed by atoms with van der Waals surface area (Å²) in [6.07, 6.45) is 1.96. The summed E-state index contributed by atoms with van der Waals surface area (Å²) in [6, 6.07) is 8.50. The van der Waals surface area contributed by atoms with Crippen molar-refractivity contribution >= 4 is 28.5 Å². The second-order valence-corrected chi connectivity index (χ2v) is 5.97. The van der Waals surface area contributed by atoms with Crippen molar-refractivity contribution in [3.8, 4) is 0 Å². The minimum atomic E-state index is 0.264. The predicted octanol–water partition coefficient (Wildman–Crippen LogP) is 4.36. The Kier molecular flexibility index (Phi) is 5.90. The van der Waals surface area contributed by atoms with E-state index in [1.165, 1.54) is 5.69 Å². The smallest absolute Gasteiger partial charge is 0.142 e. The Balaban J connectivity index is 2.27. The van der Waals surface area contributed by atoms with Crippen LogP contribution in [0.4, 0.5) is 11.4 Å². The van der Waals surface area contributed by atoms with E-state index < -0.39 is 0 Å². The van der Waals surface area contributed by atoms with Crippen LogP contribution in [0.15, 0.2) is 41.1 Å². The molecule has 2 N–H and O–H groups in total. The fourth-order valence-electron chi connectivity index (χ4n) is 2.74. The van der Waals surface area contributed by atoms with E-state index in [2.05, 4.69) is 42.8 Å². The van der Waals surface area contributed by atoms with Gasteiger partial charge < -0.3 is 20.5 Å². The molecule has 0 atom stereocenters. The average molecular weight is 326 g/mol. The number of benzene rings is 1. The third-order valence-electron chi connectivity index (χ3n) is 3.92. The van der Waals surface area contributed by atoms with E-state index >= 15 is 0 Å². The number of rotatable bonds is 6. The van der Waals surface area contributed by atoms with Gasteiger partial charge in [-0.2, -0.15) is 0 Å². The van der Waals surface area contributed by atoms with Gasteiger partial charge in [-0.15, -0.1) is 0 Å². The van der Waals surface area contributed by atoms with Gasteiger partial charge in [-0.3, -0.25) is 0 Å². The first-order valence-corrected chi connectivity index (χ1v) is 8.41. The summed E-state index contributed by atoms with van der Waals surface area (Å²) in [5.74, 6) is 0.515. The molecule has 0 radical (unpaired) electrons. The average Bonchev–Trinajstić information content (AvgIpc) is 2.54. The van der Waals surface area contributed by atoms with Crippen molar-refractivity contribution in [3.05, 3.63) is 36.1 Å². The van der Waals surface area contributed by atoms with Crippen molar-refractivity contribution in [1.29, 1.82) is 10.8 Å². The lowest BCUT2D eigenvalue weighted by Crippen LogP contribution is -2.30. The van der Waals surface area contributed by atoms with Crippen LogP contribution in [0, 0.1) is 10.8 Å². The summed E-state index contributed by atoms with van der Waals surface area (Å²) in [7, 11) is 0. The zero-order chi connectivity index (χ0) is 17.7. The molecule has 1 aliphatic rings. The first-order chi connectivity index (χ1) is 11.5. The summed E-state index contributed by atoms with van der Waals surface area (Å²) in [4.78, 5) is 6.87. The monoisotopic (exact) mass is 326 g/mol. The number of ether oxygens (including phenoxy) is 1. The lowest BCUT2D eigenvalue weighted by Gasteiger charge is -2.27. The Bertz CT molecular complexity index is 671. The van der Waals surface area contributed by atoms with Gasteiger partial charge in [0, 0.05) is 30.8 Å². The SMILES string of the molecule is CCOC1=CC(=Nc2ccc(N(CC)C(C)C)cc2)C(=N)CC1=N. The van der Waals surface area contributed by atoms with Gasteiger partial charge in [0.05, 0.1) is 29.4 Å². The largest absolute Gasteiger partial charge is 0.492 e. The molecule has 1 aromatic rings. The number of nitrogens with one attached hydrogen (secondary N) is 2. The van der Waals surface area contributed by atoms with Crippen LogP contribution < -0.4 is 4.90 Å². The van der Waals surface area contributed by atoms with E-state index in [4.69, 9.17) is 15.6 Å². The predicted molar refractivity (Wildman–Crippen MR) is 101 cm³/mol. The molecule has 128 valence electrons. The van der Waals surface area contributed by atoms with Gasteiger partial charge in [0.2, 0.25) is 0 Å². The first-order valence-electron chi connectivity index (χ1n) is 8.41. The molecule has 0 saturated heterocycles. The van der Waals surface area contributed by atoms with E-state index in [0.29, 0.717) is 35.5 Å². The Morgan fingerprint density at radius 3 is 2.33 bits per heavy atom. The lowest BCUT2D eigenvalue weighted by molar-refractivity contribution is 0.249. The van der Waals surface area contributed by atoms with Crippen molar-refractivity contribution in [2.24, 2.45) is 4.99 Å². The van der Waals surface area contributed by atoms with E-state index in [-0.39, 0.29) is 6.42 Å². The highest BCUT2D eigenvalue weighted by molar-refractivity contribution is 6.51. The minimum Gasteiger partial charge on any atom is -0.492 e. The minimum absolute atomic E-state index is 0.264. The molecule has 0 heterocycles. The zero-order valence-electron chi connectivity index (χ0n) is 14.9. The number of hydrogen-bond acceptors (Lipinski definition) is 5. The fraction of sp³-hybridized carbons (Fsp3) is 0.421. The molecule has 5 nitrogen and oxygen atoms in total. The van der Waals surface area contributed by atoms with Crippen LogP contribution in [0.2, 0.25) is 0 Å². The summed E-state index contributed by atoms with van der Waals surface area (Å²) in [5.41, 5.74) is 3.23. The van der Waals surface area contributed by atoms with Crippen LogP contribution in [0.3, 0.4) is 0 Å². The summed E-state index contributed by atoms with van der Waals surface area (Å²) >= 11 is 0. The molecule has 2 rings (SSSR count). The number of allylic oxidation sites excluding steroid dienone is 2. The zero-order valence-corrected chi connectivity index (χ0v) is 14.9. The van der Waals surface area contributed by atoms with Crippen LogP contribution >= 0.6 is 0 Å². The van der Waals surface area contributed by atoms with Crippen LogP contribution in [0.1, 0.15) is 34.1 Å². The van der Waals surface area contributed by atoms with Gasteiger partial charge in [0.25, 0.3) is 0 Å². The highest BCUT2D eigenvalue weighted by atomic mass is 16.5. The molecule has 1 aliphatic carbocycles. The topological polar surface area (TPSA) is 72.5 Å². The number of hydrogen-bond donors (Lipinski definition) is 2. The van der Waals surface area contributed by atoms with Crippen LogP contribution in [-0.4, -0.2) is 36.3 Å². The van der Waals surface area contributed by atoms with Crippen LogP contribution in [-0.2, 0) is 4.74 Å². The normalized spacial score (nSPS) is 16.5. The molecular formula is C19H26N4O. The molecular weight excluding hydrogens is 300 g/mol. The molecule has 0 amide bonds. The van der Waals surface area contributed by atoms with E-state index in [1.54, 1.807) is 6.08 Å². The molecule has 0 aromatic heterocycles. The third kappa shape index (κ3) is 4.10. The summed E-state index contributed by atoms with van der Waals surface area (Å²) in [5, 5.41) is 16.0. The van der Waals surface area contributed by atoms with E-state index in [0.717, 1.165) is 12.2 Å². The highest BCUT2D eigenvalue weighted by Crippen LogP contribution is 2.23. The molecule has 1 aromatic carbocycles. The molecule has 0 spiro atoms. The fourth-order valence-corrected chi connectivity index (χ4v) is 2.74. The maximum atomic E-state index is 8.06. The molecule has 0 saturated carbocycles. The van der Waals surface area contributed by atoms with E-state index in [1.807, 2.05) is 19.1 Å². The lowest BCUT2D eigenvalue weighted by atomic mass is 10.00. The van der Waals surface area contributed by atoms with E-state index in [9.17, 15) is 0 Å². The number of nitrogens with zero attached hydrogens (tertiary/aromatic N) is 2. The van der Waals surface area contributed by atoms with Crippen molar-refractivity contribution in [1.82, 2.24) is 0 Å². The standard InChI is InChI=1S/C19H26N4O/c1-5-23(13(3)4)15-9-7-14(8-10-15)22-18-12-19(24-6-2)17(21)11-16(18)20/h7-10,12-13,20-21H,5-6,11H2,1-4H3. The summed E-state index contributed by atoms with van der Waals surface area (Å²) in [6.45, 7) is 9.85.